The SMILES string of the molecule is c1ccc(-c2cc(-c3nc4ccc5ccccc5c4s3)cc(-c3cccc4sc5ccc(-c6nc(-c7ccccc7)nc(-c7ccccc7)n6)cc5c34)c2)cc1. The Kier molecular flexibility index (Phi) is 7.83. The van der Waals surface area contributed by atoms with E-state index in [-0.39, 0.29) is 0 Å². The second-order valence-electron chi connectivity index (χ2n) is 13.8. The molecule has 3 aromatic heterocycles. The van der Waals surface area contributed by atoms with Crippen LogP contribution in [0.15, 0.2) is 182 Å². The standard InChI is InChI=1S/C50H30N4S2/c1-4-13-31(14-5-1)36-27-37(29-38(28-36)50-51-42-25-23-32-15-10-11-20-40(32)46(42)56-50)39-21-12-22-44-45(39)41-30-35(24-26-43(41)55-44)49-53-47(33-16-6-2-7-17-33)52-48(54-49)34-18-8-3-9-19-34/h1-30H. The summed E-state index contributed by atoms with van der Waals surface area (Å²) in [7, 11) is 0. The van der Waals surface area contributed by atoms with Crippen molar-refractivity contribution in [1.82, 2.24) is 19.9 Å². The molecule has 0 amide bonds. The highest BCUT2D eigenvalue weighted by atomic mass is 32.1. The molecular weight excluding hydrogens is 721 g/mol. The lowest BCUT2D eigenvalue weighted by atomic mass is 9.93. The summed E-state index contributed by atoms with van der Waals surface area (Å²) in [5.74, 6) is 1.95. The molecule has 0 bridgehead atoms. The van der Waals surface area contributed by atoms with Gasteiger partial charge in [0.2, 0.25) is 0 Å². The van der Waals surface area contributed by atoms with E-state index in [2.05, 4.69) is 121 Å². The normalized spacial score (nSPS) is 11.6. The number of rotatable bonds is 6. The van der Waals surface area contributed by atoms with E-state index >= 15 is 0 Å². The van der Waals surface area contributed by atoms with Crippen LogP contribution < -0.4 is 0 Å². The van der Waals surface area contributed by atoms with Gasteiger partial charge < -0.3 is 0 Å². The zero-order valence-corrected chi connectivity index (χ0v) is 31.6. The molecule has 0 aliphatic rings. The molecule has 3 heterocycles. The van der Waals surface area contributed by atoms with E-state index in [4.69, 9.17) is 19.9 Å². The molecule has 4 nitrogen and oxygen atoms in total. The second kappa shape index (κ2) is 13.5. The van der Waals surface area contributed by atoms with Gasteiger partial charge in [0, 0.05) is 47.8 Å². The largest absolute Gasteiger partial charge is 0.236 e. The van der Waals surface area contributed by atoms with E-state index in [1.165, 1.54) is 46.8 Å². The number of benzene rings is 8. The summed E-state index contributed by atoms with van der Waals surface area (Å²) in [6, 6.07) is 64.0. The van der Waals surface area contributed by atoms with Crippen LogP contribution in [0.5, 0.6) is 0 Å². The predicted molar refractivity (Wildman–Crippen MR) is 236 cm³/mol. The van der Waals surface area contributed by atoms with Crippen molar-refractivity contribution < 1.29 is 0 Å². The molecule has 262 valence electrons. The zero-order chi connectivity index (χ0) is 37.0. The topological polar surface area (TPSA) is 51.6 Å². The summed E-state index contributed by atoms with van der Waals surface area (Å²) in [5.41, 5.74) is 9.65. The van der Waals surface area contributed by atoms with Gasteiger partial charge in [0.1, 0.15) is 5.01 Å². The molecule has 0 aliphatic heterocycles. The first-order valence-electron chi connectivity index (χ1n) is 18.5. The van der Waals surface area contributed by atoms with E-state index in [1.807, 2.05) is 72.0 Å². The molecule has 0 N–H and O–H groups in total. The summed E-state index contributed by atoms with van der Waals surface area (Å²) in [6.45, 7) is 0. The summed E-state index contributed by atoms with van der Waals surface area (Å²) >= 11 is 3.58. The molecule has 0 atom stereocenters. The monoisotopic (exact) mass is 750 g/mol. The van der Waals surface area contributed by atoms with Gasteiger partial charge in [-0.2, -0.15) is 0 Å². The van der Waals surface area contributed by atoms with Gasteiger partial charge in [-0.15, -0.1) is 22.7 Å². The maximum atomic E-state index is 5.21. The summed E-state index contributed by atoms with van der Waals surface area (Å²) < 4.78 is 3.67. The van der Waals surface area contributed by atoms with E-state index in [1.54, 1.807) is 11.3 Å². The van der Waals surface area contributed by atoms with Gasteiger partial charge >= 0.3 is 0 Å². The molecule has 8 aromatic carbocycles. The number of fused-ring (bicyclic) bond motifs is 6. The Morgan fingerprint density at radius 1 is 0.339 bits per heavy atom. The first-order chi connectivity index (χ1) is 27.7. The number of thiazole rings is 1. The van der Waals surface area contributed by atoms with Gasteiger partial charge in [-0.3, -0.25) is 0 Å². The number of hydrogen-bond donors (Lipinski definition) is 0. The highest BCUT2D eigenvalue weighted by molar-refractivity contribution is 7.26. The van der Waals surface area contributed by atoms with Gasteiger partial charge in [0.05, 0.1) is 10.2 Å². The maximum Gasteiger partial charge on any atom is 0.164 e. The van der Waals surface area contributed by atoms with Crippen LogP contribution >= 0.6 is 22.7 Å². The minimum Gasteiger partial charge on any atom is -0.236 e. The van der Waals surface area contributed by atoms with Gasteiger partial charge in [0.15, 0.2) is 17.5 Å². The smallest absolute Gasteiger partial charge is 0.164 e. The Hall–Kier alpha value is -6.86. The lowest BCUT2D eigenvalue weighted by Crippen LogP contribution is -2.00. The quantitative estimate of drug-likeness (QED) is 0.170. The molecule has 0 fully saturated rings. The van der Waals surface area contributed by atoms with Crippen LogP contribution in [-0.2, 0) is 0 Å². The zero-order valence-electron chi connectivity index (χ0n) is 29.9. The highest BCUT2D eigenvalue weighted by Gasteiger charge is 2.18. The van der Waals surface area contributed by atoms with Crippen LogP contribution in [0.4, 0.5) is 0 Å². The molecule has 11 rings (SSSR count). The Morgan fingerprint density at radius 3 is 1.70 bits per heavy atom. The Labute approximate surface area is 331 Å². The third kappa shape index (κ3) is 5.75. The number of aromatic nitrogens is 4. The van der Waals surface area contributed by atoms with Crippen molar-refractivity contribution in [2.24, 2.45) is 0 Å². The average molecular weight is 751 g/mol. The maximum absolute atomic E-state index is 5.21. The number of thiophene rings is 1. The lowest BCUT2D eigenvalue weighted by Gasteiger charge is -2.11. The van der Waals surface area contributed by atoms with Gasteiger partial charge in [-0.25, -0.2) is 19.9 Å². The Balaban J connectivity index is 1.11. The van der Waals surface area contributed by atoms with Crippen LogP contribution in [0.1, 0.15) is 0 Å². The van der Waals surface area contributed by atoms with E-state index in [0.29, 0.717) is 17.5 Å². The van der Waals surface area contributed by atoms with Gasteiger partial charge in [-0.1, -0.05) is 133 Å². The molecule has 0 saturated heterocycles. The van der Waals surface area contributed by atoms with E-state index in [0.717, 1.165) is 43.9 Å². The van der Waals surface area contributed by atoms with Gasteiger partial charge in [0.25, 0.3) is 0 Å². The van der Waals surface area contributed by atoms with Crippen molar-refractivity contribution in [2.45, 2.75) is 0 Å². The Bertz CT molecular complexity index is 3190. The minimum atomic E-state index is 0.646. The highest BCUT2D eigenvalue weighted by Crippen LogP contribution is 2.44. The fourth-order valence-corrected chi connectivity index (χ4v) is 9.83. The summed E-state index contributed by atoms with van der Waals surface area (Å²) in [5, 5.41) is 5.89. The molecule has 0 saturated carbocycles. The molecule has 0 aliphatic carbocycles. The molecular formula is C50H30N4S2. The van der Waals surface area contributed by atoms with Crippen LogP contribution in [0.2, 0.25) is 0 Å². The predicted octanol–water partition coefficient (Wildman–Crippen LogP) is 14.0. The van der Waals surface area contributed by atoms with Crippen LogP contribution in [0, 0.1) is 0 Å². The van der Waals surface area contributed by atoms with Crippen molar-refractivity contribution in [1.29, 1.82) is 0 Å². The van der Waals surface area contributed by atoms with Crippen molar-refractivity contribution in [3.8, 4) is 67.0 Å². The molecule has 0 spiro atoms. The van der Waals surface area contributed by atoms with Crippen LogP contribution in [0.3, 0.4) is 0 Å². The third-order valence-electron chi connectivity index (χ3n) is 10.3. The van der Waals surface area contributed by atoms with E-state index < -0.39 is 0 Å². The average Bonchev–Trinajstić information content (AvgIpc) is 3.89. The molecule has 56 heavy (non-hydrogen) atoms. The molecule has 11 aromatic rings. The van der Waals surface area contributed by atoms with Crippen molar-refractivity contribution in [2.75, 3.05) is 0 Å². The minimum absolute atomic E-state index is 0.646. The molecule has 0 unspecified atom stereocenters. The fourth-order valence-electron chi connectivity index (χ4n) is 7.63. The third-order valence-corrected chi connectivity index (χ3v) is 12.6. The first kappa shape index (κ1) is 32.6. The molecule has 0 radical (unpaired) electrons. The number of nitrogens with zero attached hydrogens (tertiary/aromatic N) is 4. The summed E-state index contributed by atoms with van der Waals surface area (Å²) in [6.07, 6.45) is 0. The fraction of sp³-hybridized carbons (Fsp3) is 0. The van der Waals surface area contributed by atoms with Crippen molar-refractivity contribution in [3.63, 3.8) is 0 Å². The first-order valence-corrected chi connectivity index (χ1v) is 20.2. The lowest BCUT2D eigenvalue weighted by molar-refractivity contribution is 1.07. The Morgan fingerprint density at radius 2 is 0.964 bits per heavy atom. The van der Waals surface area contributed by atoms with Crippen LogP contribution in [0.25, 0.3) is 108 Å². The van der Waals surface area contributed by atoms with Crippen molar-refractivity contribution >= 4 is 63.8 Å². The van der Waals surface area contributed by atoms with E-state index in [9.17, 15) is 0 Å². The summed E-state index contributed by atoms with van der Waals surface area (Å²) in [4.78, 5) is 20.2. The van der Waals surface area contributed by atoms with Gasteiger partial charge in [-0.05, 0) is 76.2 Å². The van der Waals surface area contributed by atoms with Crippen molar-refractivity contribution in [3.05, 3.63) is 182 Å². The number of hydrogen-bond acceptors (Lipinski definition) is 6. The van der Waals surface area contributed by atoms with Crippen LogP contribution in [-0.4, -0.2) is 19.9 Å². The molecule has 6 heteroatoms. The second-order valence-corrected chi connectivity index (χ2v) is 15.9.